The third-order valence-electron chi connectivity index (χ3n) is 4.64. The van der Waals surface area contributed by atoms with Gasteiger partial charge in [0.05, 0.1) is 14.2 Å². The van der Waals surface area contributed by atoms with Crippen LogP contribution in [0.25, 0.3) is 10.6 Å². The molecule has 0 bridgehead atoms. The number of ether oxygens (including phenoxy) is 3. The van der Waals surface area contributed by atoms with E-state index in [2.05, 4.69) is 4.98 Å². The summed E-state index contributed by atoms with van der Waals surface area (Å²) >= 11 is 1.31. The molecule has 6 nitrogen and oxygen atoms in total. The maximum absolute atomic E-state index is 12.5. The Hall–Kier alpha value is -3.19. The zero-order chi connectivity index (χ0) is 21.7. The minimum Gasteiger partial charge on any atom is -0.493 e. The van der Waals surface area contributed by atoms with Crippen LogP contribution in [0.4, 0.5) is 0 Å². The lowest BCUT2D eigenvalue weighted by atomic mass is 10.0. The molecule has 1 heterocycles. The Balaban J connectivity index is 1.70. The Morgan fingerprint density at radius 1 is 1.03 bits per heavy atom. The van der Waals surface area contributed by atoms with E-state index in [4.69, 9.17) is 14.2 Å². The average Bonchev–Trinajstić information content (AvgIpc) is 3.28. The zero-order valence-electron chi connectivity index (χ0n) is 17.3. The predicted molar refractivity (Wildman–Crippen MR) is 116 cm³/mol. The van der Waals surface area contributed by atoms with Crippen LogP contribution in [0.15, 0.2) is 47.8 Å². The molecule has 3 aromatic rings. The predicted octanol–water partition coefficient (Wildman–Crippen LogP) is 4.82. The molecule has 1 aromatic heterocycles. The van der Waals surface area contributed by atoms with Crippen molar-refractivity contribution in [1.82, 2.24) is 4.98 Å². The molecule has 1 unspecified atom stereocenters. The van der Waals surface area contributed by atoms with Crippen LogP contribution < -0.4 is 9.47 Å². The van der Waals surface area contributed by atoms with E-state index in [9.17, 15) is 9.59 Å². The second kappa shape index (κ2) is 9.54. The molecule has 0 fully saturated rings. The van der Waals surface area contributed by atoms with Gasteiger partial charge in [0.25, 0.3) is 0 Å². The highest BCUT2D eigenvalue weighted by molar-refractivity contribution is 7.13. The Morgan fingerprint density at radius 3 is 2.37 bits per heavy atom. The van der Waals surface area contributed by atoms with Gasteiger partial charge in [-0.2, -0.15) is 0 Å². The van der Waals surface area contributed by atoms with Crippen LogP contribution in [-0.4, -0.2) is 37.1 Å². The summed E-state index contributed by atoms with van der Waals surface area (Å²) < 4.78 is 15.9. The van der Waals surface area contributed by atoms with E-state index < -0.39 is 12.1 Å². The van der Waals surface area contributed by atoms with Crippen LogP contribution in [0.1, 0.15) is 40.3 Å². The van der Waals surface area contributed by atoms with Gasteiger partial charge < -0.3 is 14.2 Å². The molecule has 2 aromatic carbocycles. The summed E-state index contributed by atoms with van der Waals surface area (Å²) in [7, 11) is 3.12. The fraction of sp³-hybridized carbons (Fsp3) is 0.261. The molecule has 7 heteroatoms. The number of esters is 1. The number of ketones is 1. The second-order valence-corrected chi connectivity index (χ2v) is 7.43. The molecular formula is C23H23NO5S. The quantitative estimate of drug-likeness (QED) is 0.381. The molecule has 1 atom stereocenters. The van der Waals surface area contributed by atoms with Crippen molar-refractivity contribution < 1.29 is 23.8 Å². The normalized spacial score (nSPS) is 11.6. The molecular weight excluding hydrogens is 402 g/mol. The highest BCUT2D eigenvalue weighted by Crippen LogP contribution is 2.33. The molecule has 0 amide bonds. The number of hydrogen-bond acceptors (Lipinski definition) is 7. The van der Waals surface area contributed by atoms with Crippen molar-refractivity contribution in [2.75, 3.05) is 14.2 Å². The van der Waals surface area contributed by atoms with Gasteiger partial charge >= 0.3 is 5.97 Å². The molecule has 0 saturated heterocycles. The van der Waals surface area contributed by atoms with Gasteiger partial charge in [0, 0.05) is 16.5 Å². The summed E-state index contributed by atoms with van der Waals surface area (Å²) in [4.78, 5) is 29.4. The van der Waals surface area contributed by atoms with Gasteiger partial charge in [-0.15, -0.1) is 11.3 Å². The van der Waals surface area contributed by atoms with Crippen molar-refractivity contribution in [3.8, 4) is 22.1 Å². The summed E-state index contributed by atoms with van der Waals surface area (Å²) in [6.07, 6.45) is -0.0122. The Labute approximate surface area is 179 Å². The van der Waals surface area contributed by atoms with E-state index in [1.54, 1.807) is 50.8 Å². The van der Waals surface area contributed by atoms with Gasteiger partial charge in [-0.05, 0) is 37.1 Å². The van der Waals surface area contributed by atoms with Crippen molar-refractivity contribution >= 4 is 23.1 Å². The number of thiazole rings is 1. The number of methoxy groups -OCH3 is 2. The van der Waals surface area contributed by atoms with Gasteiger partial charge in [-0.1, -0.05) is 31.2 Å². The summed E-state index contributed by atoms with van der Waals surface area (Å²) in [6.45, 7) is 3.61. The Kier molecular flexibility index (Phi) is 6.84. The van der Waals surface area contributed by atoms with E-state index in [0.29, 0.717) is 22.1 Å². The zero-order valence-corrected chi connectivity index (χ0v) is 18.1. The minimum absolute atomic E-state index is 0.158. The Morgan fingerprint density at radius 2 is 1.73 bits per heavy atom. The monoisotopic (exact) mass is 425 g/mol. The summed E-state index contributed by atoms with van der Waals surface area (Å²) in [5.74, 6) is 0.296. The number of carbonyl (C=O) groups is 2. The van der Waals surface area contributed by atoms with E-state index in [0.717, 1.165) is 17.5 Å². The summed E-state index contributed by atoms with van der Waals surface area (Å²) in [6, 6.07) is 12.7. The van der Waals surface area contributed by atoms with Gasteiger partial charge in [-0.3, -0.25) is 4.79 Å². The van der Waals surface area contributed by atoms with Gasteiger partial charge in [-0.25, -0.2) is 9.78 Å². The summed E-state index contributed by atoms with van der Waals surface area (Å²) in [5.41, 5.74) is 2.60. The maximum atomic E-state index is 12.5. The van der Waals surface area contributed by atoms with Crippen LogP contribution >= 0.6 is 11.3 Å². The minimum atomic E-state index is -0.906. The van der Waals surface area contributed by atoms with Crippen LogP contribution in [0.2, 0.25) is 0 Å². The molecule has 0 saturated carbocycles. The number of aromatic nitrogens is 1. The van der Waals surface area contributed by atoms with Crippen molar-refractivity contribution in [2.45, 2.75) is 26.4 Å². The molecule has 0 aliphatic carbocycles. The van der Waals surface area contributed by atoms with Gasteiger partial charge in [0.2, 0.25) is 5.78 Å². The number of benzene rings is 2. The van der Waals surface area contributed by atoms with E-state index in [1.165, 1.54) is 11.3 Å². The SMILES string of the molecule is CCc1ccc(C(=O)C(C)OC(=O)c2csc(-c3ccc(OC)c(OC)c3)n2)cc1. The third-order valence-corrected chi connectivity index (χ3v) is 5.53. The summed E-state index contributed by atoms with van der Waals surface area (Å²) in [5, 5.41) is 2.25. The number of nitrogens with zero attached hydrogens (tertiary/aromatic N) is 1. The molecule has 0 spiro atoms. The number of aryl methyl sites for hydroxylation is 1. The van der Waals surface area contributed by atoms with E-state index >= 15 is 0 Å². The van der Waals surface area contributed by atoms with E-state index in [1.807, 2.05) is 25.1 Å². The standard InChI is InChI=1S/C23H23NO5S/c1-5-15-6-8-16(9-7-15)21(25)14(2)29-23(26)18-13-30-22(24-18)17-10-11-19(27-3)20(12-17)28-4/h6-14H,5H2,1-4H3. The first-order valence-electron chi connectivity index (χ1n) is 9.48. The van der Waals surface area contributed by atoms with Gasteiger partial charge in [0.15, 0.2) is 23.3 Å². The van der Waals surface area contributed by atoms with Crippen molar-refractivity contribution in [2.24, 2.45) is 0 Å². The highest BCUT2D eigenvalue weighted by atomic mass is 32.1. The lowest BCUT2D eigenvalue weighted by Gasteiger charge is -2.11. The largest absolute Gasteiger partial charge is 0.493 e. The highest BCUT2D eigenvalue weighted by Gasteiger charge is 2.22. The molecule has 0 aliphatic heterocycles. The van der Waals surface area contributed by atoms with Crippen molar-refractivity contribution in [3.63, 3.8) is 0 Å². The number of Topliss-reactive ketones (excluding diaryl/α,β-unsaturated/α-hetero) is 1. The number of rotatable bonds is 8. The Bertz CT molecular complexity index is 1040. The van der Waals surface area contributed by atoms with Crippen molar-refractivity contribution in [3.05, 3.63) is 64.7 Å². The molecule has 3 rings (SSSR count). The first-order chi connectivity index (χ1) is 14.5. The fourth-order valence-corrected chi connectivity index (χ4v) is 3.67. The topological polar surface area (TPSA) is 74.7 Å². The fourth-order valence-electron chi connectivity index (χ4n) is 2.88. The van der Waals surface area contributed by atoms with Crippen molar-refractivity contribution in [1.29, 1.82) is 0 Å². The van der Waals surface area contributed by atoms with Crippen LogP contribution in [0, 0.1) is 0 Å². The lowest BCUT2D eigenvalue weighted by Crippen LogP contribution is -2.24. The molecule has 30 heavy (non-hydrogen) atoms. The molecule has 156 valence electrons. The first-order valence-corrected chi connectivity index (χ1v) is 10.4. The molecule has 0 aliphatic rings. The average molecular weight is 426 g/mol. The smallest absolute Gasteiger partial charge is 0.358 e. The molecule has 0 N–H and O–H groups in total. The lowest BCUT2D eigenvalue weighted by molar-refractivity contribution is 0.0314. The van der Waals surface area contributed by atoms with E-state index in [-0.39, 0.29) is 11.5 Å². The number of hydrogen-bond donors (Lipinski definition) is 0. The number of carbonyl (C=O) groups excluding carboxylic acids is 2. The van der Waals surface area contributed by atoms with Gasteiger partial charge in [0.1, 0.15) is 5.01 Å². The second-order valence-electron chi connectivity index (χ2n) is 6.57. The van der Waals surface area contributed by atoms with Crippen LogP contribution in [-0.2, 0) is 11.2 Å². The molecule has 0 radical (unpaired) electrons. The third kappa shape index (κ3) is 4.68. The first kappa shape index (κ1) is 21.5. The van der Waals surface area contributed by atoms with Crippen LogP contribution in [0.5, 0.6) is 11.5 Å². The van der Waals surface area contributed by atoms with Crippen LogP contribution in [0.3, 0.4) is 0 Å². The maximum Gasteiger partial charge on any atom is 0.358 e.